The largest absolute Gasteiger partial charge is 0.382 e. The Kier molecular flexibility index (Phi) is 14.6. The third kappa shape index (κ3) is 10.6. The van der Waals surface area contributed by atoms with Crippen LogP contribution < -0.4 is 0 Å². The number of nitrogens with zero attached hydrogens (tertiary/aromatic N) is 1. The molecule has 19 heavy (non-hydrogen) atoms. The van der Waals surface area contributed by atoms with Crippen molar-refractivity contribution in [2.45, 2.75) is 32.7 Å². The lowest BCUT2D eigenvalue weighted by Gasteiger charge is -2.29. The van der Waals surface area contributed by atoms with Crippen LogP contribution in [0.4, 0.5) is 0 Å². The lowest BCUT2D eigenvalue weighted by atomic mass is 10.1. The van der Waals surface area contributed by atoms with Crippen molar-refractivity contribution in [1.29, 1.82) is 0 Å². The van der Waals surface area contributed by atoms with Crippen molar-refractivity contribution in [2.75, 3.05) is 59.1 Å². The lowest BCUT2D eigenvalue weighted by molar-refractivity contribution is 0.0166. The van der Waals surface area contributed by atoms with Crippen LogP contribution in [0.15, 0.2) is 0 Å². The van der Waals surface area contributed by atoms with E-state index in [1.54, 1.807) is 7.11 Å². The summed E-state index contributed by atoms with van der Waals surface area (Å²) in [5, 5.41) is 0. The van der Waals surface area contributed by atoms with E-state index in [1.807, 2.05) is 0 Å². The summed E-state index contributed by atoms with van der Waals surface area (Å²) in [6.45, 7) is 9.59. The summed E-state index contributed by atoms with van der Waals surface area (Å²) in [5.41, 5.74) is 0. The maximum absolute atomic E-state index is 5.85. The van der Waals surface area contributed by atoms with Gasteiger partial charge in [-0.1, -0.05) is 13.8 Å². The van der Waals surface area contributed by atoms with Gasteiger partial charge in [0.05, 0.1) is 33.0 Å². The fraction of sp³-hybridized carbons (Fsp3) is 1.00. The molecule has 0 bridgehead atoms. The smallest absolute Gasteiger partial charge is 0.0701 e. The van der Waals surface area contributed by atoms with Gasteiger partial charge in [-0.25, -0.2) is 0 Å². The molecule has 0 heterocycles. The van der Waals surface area contributed by atoms with Gasteiger partial charge >= 0.3 is 0 Å². The van der Waals surface area contributed by atoms with Crippen LogP contribution in [-0.4, -0.2) is 70.1 Å². The first-order chi connectivity index (χ1) is 9.29. The third-order valence-electron chi connectivity index (χ3n) is 3.16. The summed E-state index contributed by atoms with van der Waals surface area (Å²) in [6, 6.07) is 0.611. The second-order valence-electron chi connectivity index (χ2n) is 4.41. The fourth-order valence-electron chi connectivity index (χ4n) is 2.04. The molecule has 0 aromatic carbocycles. The Labute approximate surface area is 123 Å². The van der Waals surface area contributed by atoms with Gasteiger partial charge in [0.1, 0.15) is 0 Å². The molecular formula is C14H30ClNO3. The second-order valence-corrected chi connectivity index (χ2v) is 4.79. The average molecular weight is 296 g/mol. The molecule has 0 atom stereocenters. The van der Waals surface area contributed by atoms with Crippen molar-refractivity contribution in [3.8, 4) is 0 Å². The summed E-state index contributed by atoms with van der Waals surface area (Å²) in [6.07, 6.45) is 2.32. The Morgan fingerprint density at radius 2 is 1.47 bits per heavy atom. The molecule has 0 aromatic rings. The molecule has 0 aromatic heterocycles. The van der Waals surface area contributed by atoms with Gasteiger partial charge < -0.3 is 14.2 Å². The molecule has 0 aliphatic carbocycles. The highest BCUT2D eigenvalue weighted by Gasteiger charge is 2.13. The van der Waals surface area contributed by atoms with Crippen molar-refractivity contribution in [2.24, 2.45) is 0 Å². The van der Waals surface area contributed by atoms with Gasteiger partial charge in [-0.2, -0.15) is 0 Å². The van der Waals surface area contributed by atoms with Crippen molar-refractivity contribution in [3.63, 3.8) is 0 Å². The highest BCUT2D eigenvalue weighted by Crippen LogP contribution is 2.08. The number of rotatable bonds is 14. The molecule has 4 nitrogen and oxygen atoms in total. The van der Waals surface area contributed by atoms with E-state index >= 15 is 0 Å². The highest BCUT2D eigenvalue weighted by molar-refractivity contribution is 6.18. The molecule has 0 aliphatic rings. The first-order valence-electron chi connectivity index (χ1n) is 7.24. The van der Waals surface area contributed by atoms with Crippen LogP contribution in [-0.2, 0) is 14.2 Å². The van der Waals surface area contributed by atoms with Crippen molar-refractivity contribution >= 4 is 11.6 Å². The van der Waals surface area contributed by atoms with Crippen LogP contribution in [0, 0.1) is 0 Å². The zero-order valence-electron chi connectivity index (χ0n) is 12.7. The molecule has 0 spiro atoms. The van der Waals surface area contributed by atoms with Gasteiger partial charge in [-0.3, -0.25) is 4.90 Å². The van der Waals surface area contributed by atoms with Gasteiger partial charge in [0.2, 0.25) is 0 Å². The van der Waals surface area contributed by atoms with E-state index in [-0.39, 0.29) is 0 Å². The van der Waals surface area contributed by atoms with Crippen molar-refractivity contribution in [1.82, 2.24) is 4.90 Å². The predicted octanol–water partition coefficient (Wildman–Crippen LogP) is 2.40. The highest BCUT2D eigenvalue weighted by atomic mass is 35.5. The summed E-state index contributed by atoms with van der Waals surface area (Å²) in [7, 11) is 1.67. The Bertz CT molecular complexity index is 180. The van der Waals surface area contributed by atoms with E-state index in [1.165, 1.54) is 0 Å². The number of methoxy groups -OCH3 is 1. The first-order valence-corrected chi connectivity index (χ1v) is 7.77. The predicted molar refractivity (Wildman–Crippen MR) is 80.2 cm³/mol. The molecule has 0 saturated heterocycles. The van der Waals surface area contributed by atoms with Gasteiger partial charge in [-0.05, 0) is 12.8 Å². The van der Waals surface area contributed by atoms with Crippen LogP contribution in [0.1, 0.15) is 26.7 Å². The van der Waals surface area contributed by atoms with E-state index in [9.17, 15) is 0 Å². The zero-order chi connectivity index (χ0) is 14.3. The molecule has 0 saturated carbocycles. The summed E-state index contributed by atoms with van der Waals surface area (Å²) >= 11 is 5.85. The van der Waals surface area contributed by atoms with E-state index < -0.39 is 0 Å². The Hall–Kier alpha value is 0.130. The summed E-state index contributed by atoms with van der Waals surface area (Å²) in [5.74, 6) is 0.677. The van der Waals surface area contributed by atoms with Gasteiger partial charge in [0.15, 0.2) is 0 Å². The molecule has 0 radical (unpaired) electrons. The molecule has 0 fully saturated rings. The molecule has 116 valence electrons. The topological polar surface area (TPSA) is 30.9 Å². The Balaban J connectivity index is 3.58. The Morgan fingerprint density at radius 3 is 2.00 bits per heavy atom. The molecule has 0 unspecified atom stereocenters. The summed E-state index contributed by atoms with van der Waals surface area (Å²) in [4.78, 5) is 2.42. The second kappa shape index (κ2) is 14.5. The van der Waals surface area contributed by atoms with Crippen LogP contribution in [0.2, 0.25) is 0 Å². The minimum absolute atomic E-state index is 0.611. The minimum atomic E-state index is 0.611. The van der Waals surface area contributed by atoms with Gasteiger partial charge in [0, 0.05) is 32.1 Å². The molecule has 0 rings (SSSR count). The number of alkyl halides is 1. The average Bonchev–Trinajstić information content (AvgIpc) is 2.43. The van der Waals surface area contributed by atoms with Crippen LogP contribution >= 0.6 is 11.6 Å². The number of halogens is 1. The molecule has 0 amide bonds. The number of hydrogen-bond donors (Lipinski definition) is 0. The van der Waals surface area contributed by atoms with E-state index in [4.69, 9.17) is 25.8 Å². The van der Waals surface area contributed by atoms with Crippen LogP contribution in [0.5, 0.6) is 0 Å². The molecule has 5 heteroatoms. The SMILES string of the molecule is CCC(CC)N(CCCl)CCOCCOCCOC. The Morgan fingerprint density at radius 1 is 0.895 bits per heavy atom. The zero-order valence-corrected chi connectivity index (χ0v) is 13.5. The molecule has 0 N–H and O–H groups in total. The van der Waals surface area contributed by atoms with Gasteiger partial charge in [0.25, 0.3) is 0 Å². The normalized spacial score (nSPS) is 11.7. The maximum Gasteiger partial charge on any atom is 0.0701 e. The van der Waals surface area contributed by atoms with Crippen molar-refractivity contribution < 1.29 is 14.2 Å². The quantitative estimate of drug-likeness (QED) is 0.364. The maximum atomic E-state index is 5.85. The van der Waals surface area contributed by atoms with Crippen LogP contribution in [0.3, 0.4) is 0 Å². The van der Waals surface area contributed by atoms with Gasteiger partial charge in [-0.15, -0.1) is 11.6 Å². The van der Waals surface area contributed by atoms with Crippen molar-refractivity contribution in [3.05, 3.63) is 0 Å². The first kappa shape index (κ1) is 19.1. The number of hydrogen-bond acceptors (Lipinski definition) is 4. The van der Waals surface area contributed by atoms with E-state index in [0.29, 0.717) is 38.3 Å². The molecular weight excluding hydrogens is 266 g/mol. The monoisotopic (exact) mass is 295 g/mol. The molecule has 0 aliphatic heterocycles. The third-order valence-corrected chi connectivity index (χ3v) is 3.33. The van der Waals surface area contributed by atoms with E-state index in [2.05, 4.69) is 18.7 Å². The number of ether oxygens (including phenoxy) is 3. The van der Waals surface area contributed by atoms with E-state index in [0.717, 1.165) is 32.5 Å². The lowest BCUT2D eigenvalue weighted by Crippen LogP contribution is -2.38. The standard InChI is InChI=1S/C14H30ClNO3/c1-4-14(5-2)16(7-6-15)8-9-18-12-13-19-11-10-17-3/h14H,4-13H2,1-3H3. The fourth-order valence-corrected chi connectivity index (χ4v) is 2.25. The van der Waals surface area contributed by atoms with Crippen LogP contribution in [0.25, 0.3) is 0 Å². The minimum Gasteiger partial charge on any atom is -0.382 e. The summed E-state index contributed by atoms with van der Waals surface area (Å²) < 4.78 is 15.8.